The van der Waals surface area contributed by atoms with Crippen molar-refractivity contribution in [1.82, 2.24) is 15.5 Å². The molecular formula is C43H53N3O7. The maximum atomic E-state index is 13.7. The predicted octanol–water partition coefficient (Wildman–Crippen LogP) is 6.54. The Morgan fingerprint density at radius 3 is 2.08 bits per heavy atom. The molecule has 53 heavy (non-hydrogen) atoms. The molecule has 0 aliphatic heterocycles. The first-order valence-corrected chi connectivity index (χ1v) is 18.2. The molecule has 0 saturated carbocycles. The number of alkyl carbamates (subject to hydrolysis) is 1. The molecule has 3 aromatic carbocycles. The number of ether oxygens (including phenoxy) is 2. The van der Waals surface area contributed by atoms with Crippen molar-refractivity contribution < 1.29 is 33.8 Å². The Bertz CT molecular complexity index is 1670. The average Bonchev–Trinajstić information content (AvgIpc) is 3.46. The number of hydrogen-bond acceptors (Lipinski definition) is 7. The SMILES string of the molecule is C=CCC[C@H](NC(=O)OCC1c2ccccc2-c2ccccc21)C(=O)OC[C@@H](NC(=O)[C@@H](CC=C)CC(=O)N(CCO)Cc1ccccc1)C(C)(C)C. The molecular weight excluding hydrogens is 670 g/mol. The molecule has 3 N–H and O–H groups in total. The first-order valence-electron chi connectivity index (χ1n) is 18.2. The van der Waals surface area contributed by atoms with Crippen molar-refractivity contribution in [1.29, 1.82) is 0 Å². The smallest absolute Gasteiger partial charge is 0.407 e. The van der Waals surface area contributed by atoms with Gasteiger partial charge in [0, 0.05) is 25.4 Å². The monoisotopic (exact) mass is 723 g/mol. The molecule has 282 valence electrons. The summed E-state index contributed by atoms with van der Waals surface area (Å²) in [4.78, 5) is 55.1. The minimum Gasteiger partial charge on any atom is -0.462 e. The molecule has 1 aliphatic rings. The molecule has 0 radical (unpaired) electrons. The summed E-state index contributed by atoms with van der Waals surface area (Å²) in [5.74, 6) is -2.18. The third-order valence-corrected chi connectivity index (χ3v) is 9.52. The average molecular weight is 724 g/mol. The van der Waals surface area contributed by atoms with Gasteiger partial charge in [-0.2, -0.15) is 0 Å². The molecule has 4 rings (SSSR count). The van der Waals surface area contributed by atoms with Gasteiger partial charge in [0.15, 0.2) is 0 Å². The van der Waals surface area contributed by atoms with E-state index in [4.69, 9.17) is 9.47 Å². The van der Waals surface area contributed by atoms with Gasteiger partial charge in [0.25, 0.3) is 0 Å². The number of esters is 1. The standard InChI is InChI=1S/C43H53N3O7/c1-6-8-23-37(44-42(51)53-28-36-34-21-14-12-19-32(34)33-20-13-15-22-35(33)36)41(50)52-29-38(43(3,4)5)45-40(49)31(16-7-2)26-39(48)46(24-25-47)27-30-17-10-9-11-18-30/h6-7,9-15,17-22,31,36-38,47H,1-2,8,16,23-29H2,3-5H3,(H,44,51)(H,45,49)/t31-,37-,38+/m0/s1. The lowest BCUT2D eigenvalue weighted by atomic mass is 9.86. The number of amides is 3. The lowest BCUT2D eigenvalue weighted by molar-refractivity contribution is -0.148. The van der Waals surface area contributed by atoms with Crippen LogP contribution in [0.3, 0.4) is 0 Å². The zero-order valence-corrected chi connectivity index (χ0v) is 31.1. The summed E-state index contributed by atoms with van der Waals surface area (Å²) in [7, 11) is 0. The molecule has 3 amide bonds. The van der Waals surface area contributed by atoms with E-state index in [1.165, 1.54) is 4.90 Å². The van der Waals surface area contributed by atoms with Crippen molar-refractivity contribution in [3.63, 3.8) is 0 Å². The summed E-state index contributed by atoms with van der Waals surface area (Å²) in [5.41, 5.74) is 4.75. The summed E-state index contributed by atoms with van der Waals surface area (Å²) in [6.07, 6.45) is 3.36. The molecule has 1 aliphatic carbocycles. The zero-order valence-electron chi connectivity index (χ0n) is 31.1. The number of allylic oxidation sites excluding steroid dienone is 2. The minimum atomic E-state index is -1.01. The van der Waals surface area contributed by atoms with Gasteiger partial charge in [-0.15, -0.1) is 13.2 Å². The molecule has 0 heterocycles. The molecule has 10 heteroatoms. The van der Waals surface area contributed by atoms with E-state index in [0.717, 1.165) is 27.8 Å². The second-order valence-corrected chi connectivity index (χ2v) is 14.4. The first kappa shape index (κ1) is 40.5. The highest BCUT2D eigenvalue weighted by atomic mass is 16.6. The van der Waals surface area contributed by atoms with Gasteiger partial charge in [0.2, 0.25) is 11.8 Å². The predicted molar refractivity (Wildman–Crippen MR) is 206 cm³/mol. The van der Waals surface area contributed by atoms with E-state index in [-0.39, 0.29) is 63.4 Å². The van der Waals surface area contributed by atoms with Crippen LogP contribution in [0.2, 0.25) is 0 Å². The lowest BCUT2D eigenvalue weighted by Crippen LogP contribution is -2.51. The zero-order chi connectivity index (χ0) is 38.4. The van der Waals surface area contributed by atoms with Crippen LogP contribution in [0.4, 0.5) is 4.79 Å². The normalized spacial score (nSPS) is 13.7. The van der Waals surface area contributed by atoms with Crippen molar-refractivity contribution in [2.75, 3.05) is 26.4 Å². The number of fused-ring (bicyclic) bond motifs is 3. The molecule has 3 aromatic rings. The van der Waals surface area contributed by atoms with Crippen molar-refractivity contribution >= 4 is 23.9 Å². The third-order valence-electron chi connectivity index (χ3n) is 9.52. The number of carbonyl (C=O) groups is 4. The number of nitrogens with one attached hydrogen (secondary N) is 2. The van der Waals surface area contributed by atoms with Gasteiger partial charge in [-0.3, -0.25) is 9.59 Å². The van der Waals surface area contributed by atoms with Crippen LogP contribution < -0.4 is 10.6 Å². The summed E-state index contributed by atoms with van der Waals surface area (Å²) in [6, 6.07) is 23.9. The number of hydrogen-bond donors (Lipinski definition) is 3. The highest BCUT2D eigenvalue weighted by Crippen LogP contribution is 2.44. The van der Waals surface area contributed by atoms with Gasteiger partial charge in [-0.1, -0.05) is 112 Å². The van der Waals surface area contributed by atoms with Gasteiger partial charge >= 0.3 is 12.1 Å². The number of aliphatic hydroxyl groups excluding tert-OH is 1. The fourth-order valence-corrected chi connectivity index (χ4v) is 6.42. The maximum Gasteiger partial charge on any atom is 0.407 e. The van der Waals surface area contributed by atoms with Crippen molar-refractivity contribution in [3.05, 3.63) is 121 Å². The minimum absolute atomic E-state index is 0.0883. The van der Waals surface area contributed by atoms with E-state index in [9.17, 15) is 24.3 Å². The molecule has 10 nitrogen and oxygen atoms in total. The van der Waals surface area contributed by atoms with Gasteiger partial charge in [0.1, 0.15) is 19.3 Å². The van der Waals surface area contributed by atoms with Crippen LogP contribution in [0, 0.1) is 11.3 Å². The maximum absolute atomic E-state index is 13.7. The quantitative estimate of drug-likeness (QED) is 0.0945. The molecule has 0 saturated heterocycles. The summed E-state index contributed by atoms with van der Waals surface area (Å²) >= 11 is 0. The molecule has 3 atom stereocenters. The second kappa shape index (κ2) is 19.6. The van der Waals surface area contributed by atoms with Gasteiger partial charge in [0.05, 0.1) is 18.6 Å². The van der Waals surface area contributed by atoms with E-state index in [1.807, 2.05) is 87.5 Å². The lowest BCUT2D eigenvalue weighted by Gasteiger charge is -2.33. The van der Waals surface area contributed by atoms with E-state index < -0.39 is 35.5 Å². The second-order valence-electron chi connectivity index (χ2n) is 14.4. The third kappa shape index (κ3) is 11.4. The summed E-state index contributed by atoms with van der Waals surface area (Å²) in [6.45, 7) is 13.4. The van der Waals surface area contributed by atoms with Crippen LogP contribution in [-0.4, -0.2) is 72.3 Å². The Hall–Kier alpha value is -5.22. The van der Waals surface area contributed by atoms with Gasteiger partial charge < -0.3 is 30.1 Å². The Balaban J connectivity index is 1.37. The summed E-state index contributed by atoms with van der Waals surface area (Å²) < 4.78 is 11.4. The van der Waals surface area contributed by atoms with E-state index in [0.29, 0.717) is 13.0 Å². The van der Waals surface area contributed by atoms with E-state index in [2.05, 4.69) is 35.9 Å². The van der Waals surface area contributed by atoms with Crippen LogP contribution in [-0.2, 0) is 30.4 Å². The fraction of sp³-hybridized carbons (Fsp3) is 0.395. The first-order chi connectivity index (χ1) is 25.5. The molecule has 0 bridgehead atoms. The van der Waals surface area contributed by atoms with Crippen LogP contribution in [0.1, 0.15) is 69.1 Å². The molecule has 0 aromatic heterocycles. The van der Waals surface area contributed by atoms with Crippen molar-refractivity contribution in [3.8, 4) is 11.1 Å². The van der Waals surface area contributed by atoms with Gasteiger partial charge in [-0.05, 0) is 52.5 Å². The number of carbonyl (C=O) groups excluding carboxylic acids is 4. The van der Waals surface area contributed by atoms with Gasteiger partial charge in [-0.25, -0.2) is 9.59 Å². The van der Waals surface area contributed by atoms with E-state index >= 15 is 0 Å². The number of benzene rings is 3. The molecule has 0 fully saturated rings. The largest absolute Gasteiger partial charge is 0.462 e. The Morgan fingerprint density at radius 2 is 1.49 bits per heavy atom. The molecule has 0 spiro atoms. The Kier molecular flexibility index (Phi) is 15.0. The van der Waals surface area contributed by atoms with Crippen LogP contribution in [0.25, 0.3) is 11.1 Å². The fourth-order valence-electron chi connectivity index (χ4n) is 6.42. The van der Waals surface area contributed by atoms with Crippen molar-refractivity contribution in [2.45, 2.75) is 71.0 Å². The number of rotatable bonds is 19. The topological polar surface area (TPSA) is 134 Å². The van der Waals surface area contributed by atoms with Crippen LogP contribution in [0.5, 0.6) is 0 Å². The Morgan fingerprint density at radius 1 is 0.868 bits per heavy atom. The Labute approximate surface area is 313 Å². The highest BCUT2D eigenvalue weighted by molar-refractivity contribution is 5.86. The number of aliphatic hydroxyl groups is 1. The van der Waals surface area contributed by atoms with Crippen molar-refractivity contribution in [2.24, 2.45) is 11.3 Å². The van der Waals surface area contributed by atoms with E-state index in [1.54, 1.807) is 12.2 Å². The highest BCUT2D eigenvalue weighted by Gasteiger charge is 2.34. The number of nitrogens with zero attached hydrogens (tertiary/aromatic N) is 1. The molecule has 0 unspecified atom stereocenters. The van der Waals surface area contributed by atoms with Crippen LogP contribution in [0.15, 0.2) is 104 Å². The summed E-state index contributed by atoms with van der Waals surface area (Å²) in [5, 5.41) is 15.3. The van der Waals surface area contributed by atoms with Crippen LogP contribution >= 0.6 is 0 Å².